The van der Waals surface area contributed by atoms with E-state index in [4.69, 9.17) is 0 Å². The zero-order valence-electron chi connectivity index (χ0n) is 15.6. The second kappa shape index (κ2) is 7.68. The minimum atomic E-state index is -0.0955. The molecule has 0 spiro atoms. The molecule has 1 atom stereocenters. The molecular formula is C19H30N2O2S. The molecule has 1 aliphatic rings. The molecule has 1 aromatic heterocycles. The maximum atomic E-state index is 12.8. The Morgan fingerprint density at radius 1 is 1.33 bits per heavy atom. The SMILES string of the molecule is CCNC(=O)CN(CC)C(=O)c1cc2c(s1)CCC(C(C)(C)C)C2. The molecule has 0 radical (unpaired) electrons. The molecule has 2 amide bonds. The van der Waals surface area contributed by atoms with Gasteiger partial charge in [-0.1, -0.05) is 20.8 Å². The first-order chi connectivity index (χ1) is 11.3. The number of hydrogen-bond acceptors (Lipinski definition) is 3. The van der Waals surface area contributed by atoms with Crippen LogP contribution in [0, 0.1) is 11.3 Å². The van der Waals surface area contributed by atoms with Gasteiger partial charge in [-0.3, -0.25) is 9.59 Å². The molecule has 0 bridgehead atoms. The summed E-state index contributed by atoms with van der Waals surface area (Å²) in [4.78, 5) is 28.3. The van der Waals surface area contributed by atoms with Gasteiger partial charge in [-0.25, -0.2) is 0 Å². The summed E-state index contributed by atoms with van der Waals surface area (Å²) < 4.78 is 0. The topological polar surface area (TPSA) is 49.4 Å². The van der Waals surface area contributed by atoms with Gasteiger partial charge in [-0.05, 0) is 56.1 Å². The zero-order chi connectivity index (χ0) is 17.9. The Bertz CT molecular complexity index is 601. The molecule has 134 valence electrons. The van der Waals surface area contributed by atoms with Gasteiger partial charge in [-0.2, -0.15) is 0 Å². The van der Waals surface area contributed by atoms with Gasteiger partial charge >= 0.3 is 0 Å². The highest BCUT2D eigenvalue weighted by Gasteiger charge is 2.31. The van der Waals surface area contributed by atoms with Crippen LogP contribution in [0.4, 0.5) is 0 Å². The van der Waals surface area contributed by atoms with Gasteiger partial charge in [0.15, 0.2) is 0 Å². The number of thiophene rings is 1. The first-order valence-electron chi connectivity index (χ1n) is 8.93. The fourth-order valence-electron chi connectivity index (χ4n) is 3.28. The van der Waals surface area contributed by atoms with Gasteiger partial charge in [0.25, 0.3) is 5.91 Å². The number of hydrogen-bond donors (Lipinski definition) is 1. The van der Waals surface area contributed by atoms with Crippen molar-refractivity contribution in [3.8, 4) is 0 Å². The van der Waals surface area contributed by atoms with Crippen molar-refractivity contribution < 1.29 is 9.59 Å². The van der Waals surface area contributed by atoms with Crippen LogP contribution in [0.25, 0.3) is 0 Å². The Labute approximate surface area is 149 Å². The number of fused-ring (bicyclic) bond motifs is 1. The summed E-state index contributed by atoms with van der Waals surface area (Å²) in [5, 5.41) is 2.76. The van der Waals surface area contributed by atoms with Gasteiger partial charge in [0.1, 0.15) is 0 Å². The Kier molecular flexibility index (Phi) is 6.07. The van der Waals surface area contributed by atoms with Crippen molar-refractivity contribution in [1.82, 2.24) is 10.2 Å². The van der Waals surface area contributed by atoms with Crippen molar-refractivity contribution in [2.75, 3.05) is 19.6 Å². The monoisotopic (exact) mass is 350 g/mol. The van der Waals surface area contributed by atoms with E-state index in [0.717, 1.165) is 17.7 Å². The van der Waals surface area contributed by atoms with Gasteiger partial charge in [-0.15, -0.1) is 11.3 Å². The minimum absolute atomic E-state index is 0.0181. The lowest BCUT2D eigenvalue weighted by Gasteiger charge is -2.33. The highest BCUT2D eigenvalue weighted by atomic mass is 32.1. The maximum absolute atomic E-state index is 12.8. The van der Waals surface area contributed by atoms with Gasteiger partial charge < -0.3 is 10.2 Å². The van der Waals surface area contributed by atoms with Crippen LogP contribution in [-0.2, 0) is 17.6 Å². The van der Waals surface area contributed by atoms with Crippen LogP contribution in [-0.4, -0.2) is 36.3 Å². The minimum Gasteiger partial charge on any atom is -0.355 e. The van der Waals surface area contributed by atoms with E-state index in [9.17, 15) is 9.59 Å². The molecular weight excluding hydrogens is 320 g/mol. The van der Waals surface area contributed by atoms with Crippen molar-refractivity contribution in [2.45, 2.75) is 53.9 Å². The quantitative estimate of drug-likeness (QED) is 0.883. The molecule has 5 heteroatoms. The summed E-state index contributed by atoms with van der Waals surface area (Å²) in [6.45, 7) is 12.0. The van der Waals surface area contributed by atoms with Gasteiger partial charge in [0.05, 0.1) is 11.4 Å². The van der Waals surface area contributed by atoms with E-state index in [0.29, 0.717) is 24.4 Å². The summed E-state index contributed by atoms with van der Waals surface area (Å²) in [6, 6.07) is 2.07. The zero-order valence-corrected chi connectivity index (χ0v) is 16.4. The van der Waals surface area contributed by atoms with Crippen molar-refractivity contribution >= 4 is 23.2 Å². The summed E-state index contributed by atoms with van der Waals surface area (Å²) in [5.41, 5.74) is 1.64. The molecule has 0 aromatic carbocycles. The standard InChI is InChI=1S/C19H30N2O2S/c1-6-20-17(22)12-21(7-2)18(23)16-11-13-10-14(19(3,4)5)8-9-15(13)24-16/h11,14H,6-10,12H2,1-5H3,(H,20,22). The maximum Gasteiger partial charge on any atom is 0.264 e. The third-order valence-corrected chi connectivity index (χ3v) is 6.12. The van der Waals surface area contributed by atoms with Crippen LogP contribution in [0.15, 0.2) is 6.07 Å². The fraction of sp³-hybridized carbons (Fsp3) is 0.684. The Hall–Kier alpha value is -1.36. The number of carbonyl (C=O) groups is 2. The third kappa shape index (κ3) is 4.38. The predicted octanol–water partition coefficient (Wildman–Crippen LogP) is 3.50. The second-order valence-electron chi connectivity index (χ2n) is 7.64. The lowest BCUT2D eigenvalue weighted by molar-refractivity contribution is -0.121. The predicted molar refractivity (Wildman–Crippen MR) is 99.6 cm³/mol. The molecule has 2 rings (SSSR count). The molecule has 0 saturated carbocycles. The first kappa shape index (κ1) is 19.0. The van der Waals surface area contributed by atoms with E-state index >= 15 is 0 Å². The number of carbonyl (C=O) groups excluding carboxylic acids is 2. The molecule has 1 N–H and O–H groups in total. The van der Waals surface area contributed by atoms with E-state index in [-0.39, 0.29) is 18.4 Å². The lowest BCUT2D eigenvalue weighted by Crippen LogP contribution is -2.40. The Balaban J connectivity index is 2.11. The third-order valence-electron chi connectivity index (χ3n) is 4.90. The molecule has 1 aliphatic carbocycles. The van der Waals surface area contributed by atoms with E-state index in [1.165, 1.54) is 16.9 Å². The molecule has 1 unspecified atom stereocenters. The average molecular weight is 351 g/mol. The second-order valence-corrected chi connectivity index (χ2v) is 8.77. The summed E-state index contributed by atoms with van der Waals surface area (Å²) in [5.74, 6) is 0.553. The van der Waals surface area contributed by atoms with E-state index in [1.54, 1.807) is 16.2 Å². The number of nitrogens with zero attached hydrogens (tertiary/aromatic N) is 1. The van der Waals surface area contributed by atoms with E-state index in [1.807, 2.05) is 13.8 Å². The van der Waals surface area contributed by atoms with Crippen LogP contribution in [0.1, 0.15) is 61.2 Å². The molecule has 4 nitrogen and oxygen atoms in total. The average Bonchev–Trinajstić information content (AvgIpc) is 2.94. The summed E-state index contributed by atoms with van der Waals surface area (Å²) in [7, 11) is 0. The fourth-order valence-corrected chi connectivity index (χ4v) is 4.45. The largest absolute Gasteiger partial charge is 0.355 e. The molecule has 0 fully saturated rings. The van der Waals surface area contributed by atoms with E-state index < -0.39 is 0 Å². The number of amides is 2. The van der Waals surface area contributed by atoms with Crippen LogP contribution < -0.4 is 5.32 Å². The normalized spacial score (nSPS) is 17.3. The smallest absolute Gasteiger partial charge is 0.264 e. The number of nitrogens with one attached hydrogen (secondary N) is 1. The number of aryl methyl sites for hydroxylation is 1. The van der Waals surface area contributed by atoms with Crippen molar-refractivity contribution in [3.05, 3.63) is 21.4 Å². The molecule has 0 aliphatic heterocycles. The van der Waals surface area contributed by atoms with Crippen LogP contribution >= 0.6 is 11.3 Å². The number of rotatable bonds is 5. The Morgan fingerprint density at radius 3 is 2.62 bits per heavy atom. The summed E-state index contributed by atoms with van der Waals surface area (Å²) >= 11 is 1.62. The lowest BCUT2D eigenvalue weighted by atomic mass is 9.72. The van der Waals surface area contributed by atoms with Crippen molar-refractivity contribution in [3.63, 3.8) is 0 Å². The van der Waals surface area contributed by atoms with Crippen LogP contribution in [0.3, 0.4) is 0 Å². The highest BCUT2D eigenvalue weighted by molar-refractivity contribution is 7.14. The summed E-state index contributed by atoms with van der Waals surface area (Å²) in [6.07, 6.45) is 3.32. The molecule has 1 heterocycles. The molecule has 24 heavy (non-hydrogen) atoms. The van der Waals surface area contributed by atoms with Gasteiger partial charge in [0.2, 0.25) is 5.91 Å². The van der Waals surface area contributed by atoms with Gasteiger partial charge in [0, 0.05) is 18.0 Å². The highest BCUT2D eigenvalue weighted by Crippen LogP contribution is 2.40. The number of likely N-dealkylation sites (N-methyl/N-ethyl adjacent to an activating group) is 2. The Morgan fingerprint density at radius 2 is 2.04 bits per heavy atom. The van der Waals surface area contributed by atoms with Crippen molar-refractivity contribution in [2.24, 2.45) is 11.3 Å². The van der Waals surface area contributed by atoms with Crippen LogP contribution in [0.2, 0.25) is 0 Å². The first-order valence-corrected chi connectivity index (χ1v) is 9.75. The van der Waals surface area contributed by atoms with Crippen molar-refractivity contribution in [1.29, 1.82) is 0 Å². The van der Waals surface area contributed by atoms with Crippen LogP contribution in [0.5, 0.6) is 0 Å². The molecule has 1 aromatic rings. The molecule has 0 saturated heterocycles. The van der Waals surface area contributed by atoms with E-state index in [2.05, 4.69) is 32.2 Å².